The molecule has 0 spiro atoms. The van der Waals surface area contributed by atoms with E-state index < -0.39 is 0 Å². The van der Waals surface area contributed by atoms with Gasteiger partial charge < -0.3 is 10.0 Å². The fraction of sp³-hybridized carbons (Fsp3) is 0.381. The number of aryl methyl sites for hydroxylation is 3. The molecule has 1 N–H and O–H groups in total. The molecule has 0 aromatic heterocycles. The Morgan fingerprint density at radius 1 is 0.958 bits per heavy atom. The molecule has 0 heterocycles. The Labute approximate surface area is 145 Å². The highest BCUT2D eigenvalue weighted by atomic mass is 16.2. The minimum Gasteiger partial charge on any atom is -0.396 e. The molecule has 0 saturated carbocycles. The Kier molecular flexibility index (Phi) is 8.80. The molecule has 130 valence electrons. The lowest BCUT2D eigenvalue weighted by molar-refractivity contribution is -0.127. The van der Waals surface area contributed by atoms with Gasteiger partial charge in [-0.05, 0) is 37.8 Å². The van der Waals surface area contributed by atoms with E-state index in [4.69, 9.17) is 5.11 Å². The van der Waals surface area contributed by atoms with E-state index in [-0.39, 0.29) is 12.5 Å². The first-order valence-electron chi connectivity index (χ1n) is 8.34. The second-order valence-electron chi connectivity index (χ2n) is 6.27. The predicted molar refractivity (Wildman–Crippen MR) is 100 cm³/mol. The predicted octanol–water partition coefficient (Wildman–Crippen LogP) is 3.55. The van der Waals surface area contributed by atoms with Gasteiger partial charge >= 0.3 is 0 Å². The number of carbonyl (C=O) groups excluding carboxylic acids is 1. The van der Waals surface area contributed by atoms with E-state index in [1.165, 1.54) is 16.7 Å². The fourth-order valence-electron chi connectivity index (χ4n) is 2.31. The topological polar surface area (TPSA) is 40.5 Å². The first-order valence-corrected chi connectivity index (χ1v) is 8.34. The first-order chi connectivity index (χ1) is 11.4. The third kappa shape index (κ3) is 7.93. The number of hydrogen-bond acceptors (Lipinski definition) is 2. The second-order valence-corrected chi connectivity index (χ2v) is 6.27. The summed E-state index contributed by atoms with van der Waals surface area (Å²) in [5, 5.41) is 8.60. The summed E-state index contributed by atoms with van der Waals surface area (Å²) in [4.78, 5) is 13.0. The summed E-state index contributed by atoms with van der Waals surface area (Å²) in [5.41, 5.74) is 4.89. The molecule has 0 aliphatic heterocycles. The Morgan fingerprint density at radius 3 is 2.00 bits per heavy atom. The number of rotatable bonds is 5. The van der Waals surface area contributed by atoms with Crippen LogP contribution in [0, 0.1) is 13.8 Å². The van der Waals surface area contributed by atoms with Crippen molar-refractivity contribution in [1.29, 1.82) is 0 Å². The SMILES string of the molecule is Cc1cccc(CC(=O)N(C)C)c1.Cc1cccc(CCCO)c1. The summed E-state index contributed by atoms with van der Waals surface area (Å²) in [7, 11) is 3.55. The van der Waals surface area contributed by atoms with Crippen LogP contribution in [-0.2, 0) is 17.6 Å². The van der Waals surface area contributed by atoms with Gasteiger partial charge in [-0.25, -0.2) is 0 Å². The Bertz CT molecular complexity index is 635. The smallest absolute Gasteiger partial charge is 0.226 e. The molecule has 0 saturated heterocycles. The maximum atomic E-state index is 11.3. The van der Waals surface area contributed by atoms with Crippen molar-refractivity contribution in [3.05, 3.63) is 70.8 Å². The standard InChI is InChI=1S/C11H15NO.C10H14O/c1-9-5-4-6-10(7-9)8-11(13)12(2)3;1-9-4-2-5-10(8-9)6-3-7-11/h4-7H,8H2,1-3H3;2,4-5,8,11H,3,6-7H2,1H3. The number of carbonyl (C=O) groups is 1. The molecule has 1 amide bonds. The van der Waals surface area contributed by atoms with Crippen LogP contribution in [-0.4, -0.2) is 36.6 Å². The molecule has 2 aromatic carbocycles. The van der Waals surface area contributed by atoms with E-state index in [0.29, 0.717) is 6.42 Å². The Morgan fingerprint density at radius 2 is 1.50 bits per heavy atom. The molecule has 0 fully saturated rings. The number of amides is 1. The average Bonchev–Trinajstić information content (AvgIpc) is 2.53. The lowest BCUT2D eigenvalue weighted by atomic mass is 10.1. The van der Waals surface area contributed by atoms with Gasteiger partial charge in [-0.1, -0.05) is 59.7 Å². The number of aliphatic hydroxyl groups is 1. The van der Waals surface area contributed by atoms with Gasteiger partial charge in [0.1, 0.15) is 0 Å². The van der Waals surface area contributed by atoms with E-state index in [0.717, 1.165) is 18.4 Å². The molecule has 0 bridgehead atoms. The van der Waals surface area contributed by atoms with Crippen LogP contribution in [0.15, 0.2) is 48.5 Å². The maximum Gasteiger partial charge on any atom is 0.226 e. The number of aliphatic hydroxyl groups excluding tert-OH is 1. The molecule has 0 aliphatic carbocycles. The van der Waals surface area contributed by atoms with Crippen molar-refractivity contribution in [3.63, 3.8) is 0 Å². The van der Waals surface area contributed by atoms with Crippen LogP contribution in [0.5, 0.6) is 0 Å². The van der Waals surface area contributed by atoms with Gasteiger partial charge in [-0.2, -0.15) is 0 Å². The summed E-state index contributed by atoms with van der Waals surface area (Å²) >= 11 is 0. The van der Waals surface area contributed by atoms with Gasteiger partial charge in [0, 0.05) is 20.7 Å². The zero-order valence-corrected chi connectivity index (χ0v) is 15.2. The summed E-state index contributed by atoms with van der Waals surface area (Å²) in [6.45, 7) is 4.40. The van der Waals surface area contributed by atoms with Crippen molar-refractivity contribution in [2.45, 2.75) is 33.1 Å². The second kappa shape index (κ2) is 10.6. The third-order valence-electron chi connectivity index (χ3n) is 3.64. The quantitative estimate of drug-likeness (QED) is 0.912. The van der Waals surface area contributed by atoms with Crippen molar-refractivity contribution in [1.82, 2.24) is 4.90 Å². The minimum atomic E-state index is 0.144. The maximum absolute atomic E-state index is 11.3. The highest BCUT2D eigenvalue weighted by molar-refractivity contribution is 5.78. The first kappa shape index (κ1) is 19.9. The third-order valence-corrected chi connectivity index (χ3v) is 3.64. The van der Waals surface area contributed by atoms with E-state index in [2.05, 4.69) is 31.2 Å². The van der Waals surface area contributed by atoms with Crippen molar-refractivity contribution in [2.75, 3.05) is 20.7 Å². The van der Waals surface area contributed by atoms with Crippen molar-refractivity contribution < 1.29 is 9.90 Å². The zero-order valence-electron chi connectivity index (χ0n) is 15.2. The molecule has 0 aliphatic rings. The molecule has 3 heteroatoms. The molecule has 2 rings (SSSR count). The number of nitrogens with zero attached hydrogens (tertiary/aromatic N) is 1. The molecule has 0 atom stereocenters. The molecule has 2 aromatic rings. The van der Waals surface area contributed by atoms with E-state index in [1.54, 1.807) is 19.0 Å². The molecule has 24 heavy (non-hydrogen) atoms. The monoisotopic (exact) mass is 327 g/mol. The normalized spacial score (nSPS) is 9.88. The van der Waals surface area contributed by atoms with Crippen LogP contribution in [0.1, 0.15) is 28.7 Å². The van der Waals surface area contributed by atoms with Crippen molar-refractivity contribution in [2.24, 2.45) is 0 Å². The lowest BCUT2D eigenvalue weighted by Gasteiger charge is -2.09. The van der Waals surface area contributed by atoms with Crippen LogP contribution >= 0.6 is 0 Å². The number of likely N-dealkylation sites (N-methyl/N-ethyl adjacent to an activating group) is 1. The van der Waals surface area contributed by atoms with Crippen LogP contribution in [0.25, 0.3) is 0 Å². The van der Waals surface area contributed by atoms with Crippen LogP contribution in [0.3, 0.4) is 0 Å². The van der Waals surface area contributed by atoms with Crippen LogP contribution in [0.4, 0.5) is 0 Å². The van der Waals surface area contributed by atoms with Gasteiger partial charge in [0.15, 0.2) is 0 Å². The molecule has 0 radical (unpaired) electrons. The summed E-state index contributed by atoms with van der Waals surface area (Å²) in [6.07, 6.45) is 2.34. The molecular weight excluding hydrogens is 298 g/mol. The van der Waals surface area contributed by atoms with Crippen LogP contribution < -0.4 is 0 Å². The fourth-order valence-corrected chi connectivity index (χ4v) is 2.31. The van der Waals surface area contributed by atoms with Crippen LogP contribution in [0.2, 0.25) is 0 Å². The van der Waals surface area contributed by atoms with Crippen molar-refractivity contribution in [3.8, 4) is 0 Å². The zero-order chi connectivity index (χ0) is 17.9. The van der Waals surface area contributed by atoms with Gasteiger partial charge in [0.25, 0.3) is 0 Å². The molecular formula is C21H29NO2. The highest BCUT2D eigenvalue weighted by Gasteiger charge is 2.04. The van der Waals surface area contributed by atoms with Gasteiger partial charge in [-0.15, -0.1) is 0 Å². The highest BCUT2D eigenvalue weighted by Crippen LogP contribution is 2.06. The van der Waals surface area contributed by atoms with E-state index in [1.807, 2.05) is 31.2 Å². The summed E-state index contributed by atoms with van der Waals surface area (Å²) in [6, 6.07) is 16.4. The van der Waals surface area contributed by atoms with Crippen molar-refractivity contribution >= 4 is 5.91 Å². The molecule has 0 unspecified atom stereocenters. The largest absolute Gasteiger partial charge is 0.396 e. The lowest BCUT2D eigenvalue weighted by Crippen LogP contribution is -2.23. The van der Waals surface area contributed by atoms with E-state index >= 15 is 0 Å². The van der Waals surface area contributed by atoms with Gasteiger partial charge in [0.05, 0.1) is 6.42 Å². The van der Waals surface area contributed by atoms with Gasteiger partial charge in [-0.3, -0.25) is 4.79 Å². The number of hydrogen-bond donors (Lipinski definition) is 1. The van der Waals surface area contributed by atoms with E-state index in [9.17, 15) is 4.79 Å². The minimum absolute atomic E-state index is 0.144. The summed E-state index contributed by atoms with van der Waals surface area (Å²) in [5.74, 6) is 0.144. The van der Waals surface area contributed by atoms with Gasteiger partial charge in [0.2, 0.25) is 5.91 Å². The Balaban J connectivity index is 0.000000243. The summed E-state index contributed by atoms with van der Waals surface area (Å²) < 4.78 is 0. The Hall–Kier alpha value is -2.13. The molecule has 3 nitrogen and oxygen atoms in total. The average molecular weight is 327 g/mol. The number of benzene rings is 2.